The van der Waals surface area contributed by atoms with E-state index >= 15 is 0 Å². The number of hydrogen-bond donors (Lipinski definition) is 0. The Morgan fingerprint density at radius 1 is 1.00 bits per heavy atom. The van der Waals surface area contributed by atoms with Gasteiger partial charge in [-0.2, -0.15) is 0 Å². The van der Waals surface area contributed by atoms with Crippen LogP contribution in [0.5, 0.6) is 0 Å². The molecule has 0 aliphatic rings. The lowest BCUT2D eigenvalue weighted by Crippen LogP contribution is -1.85. The van der Waals surface area contributed by atoms with Crippen molar-refractivity contribution in [1.29, 1.82) is 0 Å². The van der Waals surface area contributed by atoms with E-state index in [1.807, 2.05) is 12.1 Å². The summed E-state index contributed by atoms with van der Waals surface area (Å²) < 4.78 is 0.785. The molecule has 0 fully saturated rings. The predicted octanol–water partition coefficient (Wildman–Crippen LogP) is 4.06. The number of hydrogen-bond acceptors (Lipinski definition) is 2. The third kappa shape index (κ3) is 2.59. The normalized spacial score (nSPS) is 10.3. The number of rotatable bonds is 1. The second-order valence-electron chi connectivity index (χ2n) is 2.89. The van der Waals surface area contributed by atoms with Crippen molar-refractivity contribution in [2.45, 2.75) is 0 Å². The maximum absolute atomic E-state index is 5.98. The SMILES string of the molecule is Clc1cncc(-c2cnc(I)c(Cl)c2)c1. The van der Waals surface area contributed by atoms with Crippen LogP contribution in [-0.4, -0.2) is 9.97 Å². The second-order valence-corrected chi connectivity index (χ2v) is 4.75. The fourth-order valence-electron chi connectivity index (χ4n) is 1.15. The van der Waals surface area contributed by atoms with Crippen LogP contribution in [0.2, 0.25) is 10.0 Å². The topological polar surface area (TPSA) is 25.8 Å². The van der Waals surface area contributed by atoms with Crippen LogP contribution in [0.1, 0.15) is 0 Å². The molecule has 0 amide bonds. The predicted molar refractivity (Wildman–Crippen MR) is 70.2 cm³/mol. The summed E-state index contributed by atoms with van der Waals surface area (Å²) in [5, 5.41) is 1.23. The zero-order valence-corrected chi connectivity index (χ0v) is 11.1. The lowest BCUT2D eigenvalue weighted by molar-refractivity contribution is 1.26. The third-order valence-corrected chi connectivity index (χ3v) is 3.51. The Bertz CT molecular complexity index is 503. The van der Waals surface area contributed by atoms with Crippen LogP contribution in [0.25, 0.3) is 11.1 Å². The van der Waals surface area contributed by atoms with Gasteiger partial charge in [-0.1, -0.05) is 23.2 Å². The summed E-state index contributed by atoms with van der Waals surface area (Å²) in [7, 11) is 0. The van der Waals surface area contributed by atoms with Gasteiger partial charge in [0.1, 0.15) is 3.70 Å². The van der Waals surface area contributed by atoms with Crippen molar-refractivity contribution in [1.82, 2.24) is 9.97 Å². The Morgan fingerprint density at radius 3 is 2.40 bits per heavy atom. The minimum atomic E-state index is 0.599. The van der Waals surface area contributed by atoms with Crippen molar-refractivity contribution >= 4 is 45.8 Å². The van der Waals surface area contributed by atoms with Gasteiger partial charge in [-0.15, -0.1) is 0 Å². The molecule has 15 heavy (non-hydrogen) atoms. The van der Waals surface area contributed by atoms with Crippen LogP contribution >= 0.6 is 45.8 Å². The van der Waals surface area contributed by atoms with Gasteiger partial charge in [-0.3, -0.25) is 4.98 Å². The highest BCUT2D eigenvalue weighted by atomic mass is 127. The molecule has 2 rings (SSSR count). The fraction of sp³-hybridized carbons (Fsp3) is 0. The van der Waals surface area contributed by atoms with Crippen LogP contribution in [-0.2, 0) is 0 Å². The van der Waals surface area contributed by atoms with E-state index in [-0.39, 0.29) is 0 Å². The average Bonchev–Trinajstić information content (AvgIpc) is 2.22. The number of nitrogens with zero attached hydrogens (tertiary/aromatic N) is 2. The van der Waals surface area contributed by atoms with Gasteiger partial charge in [0, 0.05) is 29.7 Å². The highest BCUT2D eigenvalue weighted by Crippen LogP contribution is 2.25. The zero-order chi connectivity index (χ0) is 10.8. The Morgan fingerprint density at radius 2 is 1.73 bits per heavy atom. The van der Waals surface area contributed by atoms with Crippen molar-refractivity contribution in [3.8, 4) is 11.1 Å². The molecule has 2 nitrogen and oxygen atoms in total. The molecule has 0 aliphatic heterocycles. The molecule has 2 aromatic heterocycles. The van der Waals surface area contributed by atoms with Crippen LogP contribution in [0.4, 0.5) is 0 Å². The second kappa shape index (κ2) is 4.63. The molecule has 0 N–H and O–H groups in total. The lowest BCUT2D eigenvalue weighted by Gasteiger charge is -2.02. The molecule has 2 heterocycles. The molecule has 0 spiro atoms. The van der Waals surface area contributed by atoms with Crippen molar-refractivity contribution in [3.05, 3.63) is 44.5 Å². The van der Waals surface area contributed by atoms with Crippen LogP contribution in [0.3, 0.4) is 0 Å². The van der Waals surface area contributed by atoms with E-state index in [0.717, 1.165) is 14.8 Å². The Kier molecular flexibility index (Phi) is 3.43. The third-order valence-electron chi connectivity index (χ3n) is 1.83. The van der Waals surface area contributed by atoms with E-state index in [1.54, 1.807) is 18.6 Å². The first kappa shape index (κ1) is 11.1. The summed E-state index contributed by atoms with van der Waals surface area (Å²) in [6, 6.07) is 3.68. The molecule has 0 radical (unpaired) electrons. The monoisotopic (exact) mass is 350 g/mol. The molecule has 5 heteroatoms. The Balaban J connectivity index is 2.50. The minimum absolute atomic E-state index is 0.599. The Hall–Kier alpha value is -0.390. The standard InChI is InChI=1S/C10H5Cl2IN2/c11-8-1-6(3-14-5-8)7-2-9(12)10(13)15-4-7/h1-5H. The summed E-state index contributed by atoms with van der Waals surface area (Å²) in [5.74, 6) is 0. The lowest BCUT2D eigenvalue weighted by atomic mass is 10.1. The highest BCUT2D eigenvalue weighted by molar-refractivity contribution is 14.1. The molecule has 76 valence electrons. The number of pyridine rings is 2. The van der Waals surface area contributed by atoms with E-state index in [9.17, 15) is 0 Å². The maximum atomic E-state index is 5.98. The van der Waals surface area contributed by atoms with Gasteiger partial charge in [0.25, 0.3) is 0 Å². The highest BCUT2D eigenvalue weighted by Gasteiger charge is 2.03. The smallest absolute Gasteiger partial charge is 0.119 e. The van der Waals surface area contributed by atoms with Gasteiger partial charge in [0.15, 0.2) is 0 Å². The molecule has 0 aliphatic carbocycles. The number of aromatic nitrogens is 2. The van der Waals surface area contributed by atoms with E-state index in [2.05, 4.69) is 32.6 Å². The molecule has 0 bridgehead atoms. The van der Waals surface area contributed by atoms with Crippen molar-refractivity contribution < 1.29 is 0 Å². The van der Waals surface area contributed by atoms with Gasteiger partial charge in [-0.25, -0.2) is 4.98 Å². The zero-order valence-electron chi connectivity index (χ0n) is 7.42. The van der Waals surface area contributed by atoms with Gasteiger partial charge in [-0.05, 0) is 34.7 Å². The van der Waals surface area contributed by atoms with E-state index in [1.165, 1.54) is 0 Å². The molecule has 0 aromatic carbocycles. The van der Waals surface area contributed by atoms with E-state index in [0.29, 0.717) is 10.0 Å². The first-order chi connectivity index (χ1) is 7.16. The van der Waals surface area contributed by atoms with Crippen molar-refractivity contribution in [2.24, 2.45) is 0 Å². The molecular formula is C10H5Cl2IN2. The molecule has 0 unspecified atom stereocenters. The Labute approximate surface area is 111 Å². The molecule has 0 saturated carbocycles. The first-order valence-corrected chi connectivity index (χ1v) is 5.92. The van der Waals surface area contributed by atoms with Crippen LogP contribution < -0.4 is 0 Å². The van der Waals surface area contributed by atoms with Crippen LogP contribution in [0.15, 0.2) is 30.7 Å². The van der Waals surface area contributed by atoms with E-state index < -0.39 is 0 Å². The first-order valence-electron chi connectivity index (χ1n) is 4.09. The largest absolute Gasteiger partial charge is 0.263 e. The van der Waals surface area contributed by atoms with Crippen molar-refractivity contribution in [3.63, 3.8) is 0 Å². The number of halogens is 3. The minimum Gasteiger partial charge on any atom is -0.263 e. The van der Waals surface area contributed by atoms with Gasteiger partial charge in [0.2, 0.25) is 0 Å². The van der Waals surface area contributed by atoms with Crippen molar-refractivity contribution in [2.75, 3.05) is 0 Å². The summed E-state index contributed by atoms with van der Waals surface area (Å²) >= 11 is 13.9. The molecule has 0 saturated heterocycles. The summed E-state index contributed by atoms with van der Waals surface area (Å²) in [6.07, 6.45) is 5.07. The summed E-state index contributed by atoms with van der Waals surface area (Å²) in [6.45, 7) is 0. The quantitative estimate of drug-likeness (QED) is 0.572. The van der Waals surface area contributed by atoms with Gasteiger partial charge in [0.05, 0.1) is 10.0 Å². The molecule has 2 aromatic rings. The van der Waals surface area contributed by atoms with Gasteiger partial charge >= 0.3 is 0 Å². The summed E-state index contributed by atoms with van der Waals surface area (Å²) in [4.78, 5) is 8.18. The molecule has 0 atom stereocenters. The van der Waals surface area contributed by atoms with Gasteiger partial charge < -0.3 is 0 Å². The van der Waals surface area contributed by atoms with E-state index in [4.69, 9.17) is 23.2 Å². The maximum Gasteiger partial charge on any atom is 0.119 e. The average molecular weight is 351 g/mol. The summed E-state index contributed by atoms with van der Waals surface area (Å²) in [5.41, 5.74) is 1.82. The molecular weight excluding hydrogens is 346 g/mol. The fourth-order valence-corrected chi connectivity index (χ4v) is 1.78. The van der Waals surface area contributed by atoms with Crippen LogP contribution in [0, 0.1) is 3.70 Å².